The van der Waals surface area contributed by atoms with Gasteiger partial charge in [0.25, 0.3) is 0 Å². The lowest BCUT2D eigenvalue weighted by molar-refractivity contribution is 0.249. The van der Waals surface area contributed by atoms with Gasteiger partial charge in [0.05, 0.1) is 6.04 Å². The van der Waals surface area contributed by atoms with Crippen molar-refractivity contribution in [3.05, 3.63) is 46.1 Å². The molecule has 0 aliphatic rings. The number of amides is 2. The largest absolute Gasteiger partial charge is 0.331 e. The Morgan fingerprint density at radius 1 is 1.35 bits per heavy atom. The zero-order valence-electron chi connectivity index (χ0n) is 11.0. The Hall–Kier alpha value is -1.72. The molecule has 2 aromatic rings. The Morgan fingerprint density at radius 2 is 2.10 bits per heavy atom. The summed E-state index contributed by atoms with van der Waals surface area (Å²) in [7, 11) is 1.78. The molecule has 2 N–H and O–H groups in total. The number of urea groups is 1. The van der Waals surface area contributed by atoms with Crippen LogP contribution in [0.2, 0.25) is 10.0 Å². The first-order chi connectivity index (χ1) is 9.45. The molecule has 1 aromatic heterocycles. The molecule has 0 radical (unpaired) electrons. The number of benzene rings is 1. The number of aromatic nitrogens is 2. The minimum absolute atomic E-state index is 0.247. The van der Waals surface area contributed by atoms with E-state index >= 15 is 0 Å². The Labute approximate surface area is 126 Å². The first-order valence-electron chi connectivity index (χ1n) is 5.98. The molecule has 0 aliphatic carbocycles. The highest BCUT2D eigenvalue weighted by Gasteiger charge is 2.13. The molecule has 106 valence electrons. The van der Waals surface area contributed by atoms with Crippen LogP contribution >= 0.6 is 23.2 Å². The number of aryl methyl sites for hydroxylation is 1. The maximum Gasteiger partial charge on any atom is 0.320 e. The first-order valence-corrected chi connectivity index (χ1v) is 6.73. The number of carbonyl (C=O) groups excluding carboxylic acids is 1. The fourth-order valence-corrected chi connectivity index (χ4v) is 2.33. The third kappa shape index (κ3) is 3.65. The van der Waals surface area contributed by atoms with Gasteiger partial charge in [0.2, 0.25) is 0 Å². The molecule has 5 nitrogen and oxygen atoms in total. The van der Waals surface area contributed by atoms with Crippen LogP contribution in [0.5, 0.6) is 0 Å². The van der Waals surface area contributed by atoms with Crippen molar-refractivity contribution in [2.45, 2.75) is 13.0 Å². The molecule has 7 heteroatoms. The molecule has 1 atom stereocenters. The Morgan fingerprint density at radius 3 is 2.70 bits per heavy atom. The summed E-state index contributed by atoms with van der Waals surface area (Å²) >= 11 is 11.9. The predicted molar refractivity (Wildman–Crippen MR) is 80.2 cm³/mol. The van der Waals surface area contributed by atoms with Crippen molar-refractivity contribution in [1.82, 2.24) is 15.1 Å². The normalized spacial score (nSPS) is 12.0. The number of nitrogens with zero attached hydrogens (tertiary/aromatic N) is 2. The molecule has 1 unspecified atom stereocenters. The lowest BCUT2D eigenvalue weighted by Crippen LogP contribution is -2.31. The van der Waals surface area contributed by atoms with Crippen LogP contribution in [0.25, 0.3) is 0 Å². The molecule has 0 spiro atoms. The molecule has 0 saturated heterocycles. The van der Waals surface area contributed by atoms with E-state index in [0.717, 1.165) is 5.56 Å². The van der Waals surface area contributed by atoms with E-state index in [9.17, 15) is 4.79 Å². The Balaban J connectivity index is 2.00. The average Bonchev–Trinajstić information content (AvgIpc) is 2.74. The predicted octanol–water partition coefficient (Wildman–Crippen LogP) is 3.61. The molecule has 1 heterocycles. The zero-order chi connectivity index (χ0) is 14.7. The Kier molecular flexibility index (Phi) is 4.52. The van der Waals surface area contributed by atoms with Gasteiger partial charge in [-0.3, -0.25) is 10.00 Å². The summed E-state index contributed by atoms with van der Waals surface area (Å²) in [5.74, 6) is 0.486. The average molecular weight is 313 g/mol. The lowest BCUT2D eigenvalue weighted by Gasteiger charge is -2.16. The third-order valence-electron chi connectivity index (χ3n) is 2.73. The van der Waals surface area contributed by atoms with Gasteiger partial charge in [-0.2, -0.15) is 5.10 Å². The molecule has 1 aromatic carbocycles. The number of carbonyl (C=O) groups is 1. The van der Waals surface area contributed by atoms with E-state index < -0.39 is 0 Å². The van der Waals surface area contributed by atoms with E-state index in [1.807, 2.05) is 6.92 Å². The Bertz CT molecular complexity index is 627. The molecule has 0 saturated carbocycles. The number of hydrogen-bond acceptors (Lipinski definition) is 2. The fourth-order valence-electron chi connectivity index (χ4n) is 1.76. The van der Waals surface area contributed by atoms with Crippen LogP contribution in [0.4, 0.5) is 10.6 Å². The van der Waals surface area contributed by atoms with Crippen molar-refractivity contribution in [3.63, 3.8) is 0 Å². The van der Waals surface area contributed by atoms with Crippen LogP contribution in [0, 0.1) is 0 Å². The second-order valence-electron chi connectivity index (χ2n) is 4.36. The topological polar surface area (TPSA) is 59.0 Å². The van der Waals surface area contributed by atoms with Crippen LogP contribution in [0.15, 0.2) is 30.5 Å². The SMILES string of the molecule is CC(NC(=O)Nc1ccn(C)n1)c1ccc(Cl)cc1Cl. The number of hydrogen-bond donors (Lipinski definition) is 2. The van der Waals surface area contributed by atoms with Crippen molar-refractivity contribution in [2.75, 3.05) is 5.32 Å². The van der Waals surface area contributed by atoms with E-state index in [1.165, 1.54) is 0 Å². The van der Waals surface area contributed by atoms with Gasteiger partial charge in [0.1, 0.15) is 0 Å². The van der Waals surface area contributed by atoms with Crippen molar-refractivity contribution in [2.24, 2.45) is 7.05 Å². The zero-order valence-corrected chi connectivity index (χ0v) is 12.5. The quantitative estimate of drug-likeness (QED) is 0.909. The summed E-state index contributed by atoms with van der Waals surface area (Å²) in [6, 6.07) is 6.28. The maximum absolute atomic E-state index is 11.8. The molecule has 0 fully saturated rings. The summed E-state index contributed by atoms with van der Waals surface area (Å²) in [6.45, 7) is 1.84. The molecule has 20 heavy (non-hydrogen) atoms. The minimum atomic E-state index is -0.345. The van der Waals surface area contributed by atoms with E-state index in [2.05, 4.69) is 15.7 Å². The summed E-state index contributed by atoms with van der Waals surface area (Å²) in [6.07, 6.45) is 1.75. The molecule has 2 rings (SSSR count). The van der Waals surface area contributed by atoms with Crippen molar-refractivity contribution < 1.29 is 4.79 Å². The van der Waals surface area contributed by atoms with E-state index in [1.54, 1.807) is 42.2 Å². The molecular formula is C13H14Cl2N4O. The molecule has 0 bridgehead atoms. The third-order valence-corrected chi connectivity index (χ3v) is 3.29. The van der Waals surface area contributed by atoms with Gasteiger partial charge in [-0.15, -0.1) is 0 Å². The van der Waals surface area contributed by atoms with E-state index in [4.69, 9.17) is 23.2 Å². The van der Waals surface area contributed by atoms with E-state index in [-0.39, 0.29) is 12.1 Å². The smallest absolute Gasteiger partial charge is 0.320 e. The van der Waals surface area contributed by atoms with Crippen LogP contribution in [0.1, 0.15) is 18.5 Å². The second-order valence-corrected chi connectivity index (χ2v) is 5.20. The molecule has 2 amide bonds. The number of rotatable bonds is 3. The van der Waals surface area contributed by atoms with Gasteiger partial charge in [-0.25, -0.2) is 4.79 Å². The number of halogens is 2. The summed E-state index contributed by atoms with van der Waals surface area (Å²) in [5.41, 5.74) is 0.798. The summed E-state index contributed by atoms with van der Waals surface area (Å²) in [4.78, 5) is 11.8. The van der Waals surface area contributed by atoms with Gasteiger partial charge in [-0.05, 0) is 24.6 Å². The summed E-state index contributed by atoms with van der Waals surface area (Å²) in [5, 5.41) is 10.6. The van der Waals surface area contributed by atoms with Crippen molar-refractivity contribution in [3.8, 4) is 0 Å². The van der Waals surface area contributed by atoms with Crippen molar-refractivity contribution in [1.29, 1.82) is 0 Å². The van der Waals surface area contributed by atoms with Crippen LogP contribution in [-0.2, 0) is 7.05 Å². The lowest BCUT2D eigenvalue weighted by atomic mass is 10.1. The highest BCUT2D eigenvalue weighted by Crippen LogP contribution is 2.26. The highest BCUT2D eigenvalue weighted by atomic mass is 35.5. The van der Waals surface area contributed by atoms with Crippen LogP contribution in [0.3, 0.4) is 0 Å². The molecular weight excluding hydrogens is 299 g/mol. The van der Waals surface area contributed by atoms with Crippen molar-refractivity contribution >= 4 is 35.1 Å². The van der Waals surface area contributed by atoms with Crippen LogP contribution < -0.4 is 10.6 Å². The number of anilines is 1. The van der Waals surface area contributed by atoms with Gasteiger partial charge in [0.15, 0.2) is 5.82 Å². The monoisotopic (exact) mass is 312 g/mol. The van der Waals surface area contributed by atoms with Gasteiger partial charge >= 0.3 is 6.03 Å². The van der Waals surface area contributed by atoms with Gasteiger partial charge in [-0.1, -0.05) is 29.3 Å². The maximum atomic E-state index is 11.8. The summed E-state index contributed by atoms with van der Waals surface area (Å²) < 4.78 is 1.61. The van der Waals surface area contributed by atoms with Gasteiger partial charge in [0, 0.05) is 29.4 Å². The minimum Gasteiger partial charge on any atom is -0.331 e. The first kappa shape index (κ1) is 14.7. The fraction of sp³-hybridized carbons (Fsp3) is 0.231. The highest BCUT2D eigenvalue weighted by molar-refractivity contribution is 6.35. The second kappa shape index (κ2) is 6.15. The van der Waals surface area contributed by atoms with Gasteiger partial charge < -0.3 is 5.32 Å². The van der Waals surface area contributed by atoms with E-state index in [0.29, 0.717) is 15.9 Å². The van der Waals surface area contributed by atoms with Crippen LogP contribution in [-0.4, -0.2) is 15.8 Å². The number of nitrogens with one attached hydrogen (secondary N) is 2. The standard InChI is InChI=1S/C13H14Cl2N4O/c1-8(10-4-3-9(14)7-11(10)15)16-13(20)17-12-5-6-19(2)18-12/h3-8H,1-2H3,(H2,16,17,18,20). The molecule has 0 aliphatic heterocycles.